The smallest absolute Gasteiger partial charge is 0.407 e. The van der Waals surface area contributed by atoms with E-state index in [1.807, 2.05) is 48.5 Å². The number of nitrogens with one attached hydrogen (secondary N) is 4. The van der Waals surface area contributed by atoms with E-state index < -0.39 is 36.4 Å². The molecule has 0 aromatic heterocycles. The number of rotatable bonds is 13. The molecule has 6 rings (SSSR count). The summed E-state index contributed by atoms with van der Waals surface area (Å²) < 4.78 is 23.5. The molecule has 320 valence electrons. The molecule has 2 unspecified atom stereocenters. The number of likely N-dealkylation sites (tertiary alicyclic amines) is 2. The number of halogens is 1. The van der Waals surface area contributed by atoms with Crippen molar-refractivity contribution in [3.63, 3.8) is 0 Å². The highest BCUT2D eigenvalue weighted by Crippen LogP contribution is 2.47. The van der Waals surface area contributed by atoms with Gasteiger partial charge in [0.2, 0.25) is 23.6 Å². The Morgan fingerprint density at radius 2 is 1.02 bits per heavy atom. The number of carbonyl (C=O) groups is 6. The first-order valence-electron chi connectivity index (χ1n) is 20.6. The molecule has 15 nitrogen and oxygen atoms in total. The first-order chi connectivity index (χ1) is 29.0. The van der Waals surface area contributed by atoms with Crippen LogP contribution in [-0.2, 0) is 28.7 Å². The molecule has 0 bridgehead atoms. The van der Waals surface area contributed by atoms with Crippen LogP contribution in [-0.4, -0.2) is 97.1 Å². The van der Waals surface area contributed by atoms with E-state index >= 15 is 0 Å². The first kappa shape index (κ1) is 43.4. The van der Waals surface area contributed by atoms with Gasteiger partial charge in [0.25, 0.3) is 0 Å². The lowest BCUT2D eigenvalue weighted by atomic mass is 10.0. The highest BCUT2D eigenvalue weighted by Gasteiger charge is 2.40. The average molecular weight is 828 g/mol. The van der Waals surface area contributed by atoms with Gasteiger partial charge < -0.3 is 45.4 Å². The number of anilines is 3. The van der Waals surface area contributed by atoms with Crippen molar-refractivity contribution in [3.8, 4) is 0 Å². The zero-order valence-electron chi connectivity index (χ0n) is 34.4. The molecular formula is C44H54FN7O8. The third-order valence-electron chi connectivity index (χ3n) is 11.7. The topological polar surface area (TPSA) is 179 Å². The van der Waals surface area contributed by atoms with Gasteiger partial charge in [0.1, 0.15) is 30.0 Å². The average Bonchev–Trinajstić information content (AvgIpc) is 4.06. The van der Waals surface area contributed by atoms with Crippen LogP contribution in [0, 0.1) is 5.82 Å². The quantitative estimate of drug-likeness (QED) is 0.160. The third kappa shape index (κ3) is 9.80. The minimum atomic E-state index is -0.798. The summed E-state index contributed by atoms with van der Waals surface area (Å²) >= 11 is 0. The zero-order chi connectivity index (χ0) is 42.9. The number of benzene rings is 3. The van der Waals surface area contributed by atoms with Gasteiger partial charge in [-0.3, -0.25) is 19.2 Å². The summed E-state index contributed by atoms with van der Waals surface area (Å²) in [4.78, 5) is 82.5. The standard InChI is InChI=1S/C44H54FN7O8/c1-5-33(48-43(57)59-3)41(55)50-25-7-9-37(50)39(53)46-30-17-11-27(12-18-30)35-23-24-36(52(35)32-21-15-29(45)16-22-32)28-13-19-31(20-14-28)47-40(54)38-10-8-26-51(38)42(56)34(6-2)49-44(58)60-4/h11-22,33-38H,5-10,23-26H2,1-4H3,(H,46,53)(H,47,54)(H,48,57)(H,49,58)/t33-,34-,35?,36?,37-,38-/m0/s1. The van der Waals surface area contributed by atoms with Gasteiger partial charge in [0.05, 0.1) is 26.3 Å². The molecule has 60 heavy (non-hydrogen) atoms. The number of carbonyl (C=O) groups excluding carboxylic acids is 6. The fraction of sp³-hybridized carbons (Fsp3) is 0.455. The number of alkyl carbamates (subject to hydrolysis) is 2. The summed E-state index contributed by atoms with van der Waals surface area (Å²) in [7, 11) is 2.46. The van der Waals surface area contributed by atoms with Crippen molar-refractivity contribution in [1.29, 1.82) is 0 Å². The Bertz CT molecular complexity index is 1890. The minimum Gasteiger partial charge on any atom is -0.453 e. The molecule has 6 atom stereocenters. The van der Waals surface area contributed by atoms with E-state index in [0.717, 1.165) is 29.7 Å². The maximum Gasteiger partial charge on any atom is 0.407 e. The summed E-state index contributed by atoms with van der Waals surface area (Å²) in [6, 6.07) is 18.5. The Kier molecular flexibility index (Phi) is 14.3. The summed E-state index contributed by atoms with van der Waals surface area (Å²) in [6.07, 6.45) is 3.21. The molecule has 3 aromatic carbocycles. The predicted octanol–water partition coefficient (Wildman–Crippen LogP) is 6.04. The second kappa shape index (κ2) is 19.7. The van der Waals surface area contributed by atoms with E-state index in [9.17, 15) is 33.2 Å². The van der Waals surface area contributed by atoms with E-state index in [-0.39, 0.29) is 41.5 Å². The van der Waals surface area contributed by atoms with Crippen molar-refractivity contribution in [3.05, 3.63) is 89.7 Å². The van der Waals surface area contributed by atoms with Crippen LogP contribution in [0.2, 0.25) is 0 Å². The monoisotopic (exact) mass is 827 g/mol. The van der Waals surface area contributed by atoms with E-state index in [2.05, 4.69) is 35.6 Å². The van der Waals surface area contributed by atoms with Gasteiger partial charge in [-0.25, -0.2) is 14.0 Å². The number of hydrogen-bond donors (Lipinski definition) is 4. The molecule has 0 spiro atoms. The van der Waals surface area contributed by atoms with Gasteiger partial charge in [-0.1, -0.05) is 38.1 Å². The Labute approximate surface area is 349 Å². The first-order valence-corrected chi connectivity index (χ1v) is 20.6. The lowest BCUT2D eigenvalue weighted by molar-refractivity contribution is -0.138. The summed E-state index contributed by atoms with van der Waals surface area (Å²) in [5.74, 6) is -1.60. The second-order valence-electron chi connectivity index (χ2n) is 15.3. The third-order valence-corrected chi connectivity index (χ3v) is 11.7. The Morgan fingerprint density at radius 3 is 1.38 bits per heavy atom. The molecule has 3 saturated heterocycles. The van der Waals surface area contributed by atoms with Crippen LogP contribution in [0.25, 0.3) is 0 Å². The van der Waals surface area contributed by atoms with Crippen molar-refractivity contribution in [2.45, 2.75) is 101 Å². The fourth-order valence-corrected chi connectivity index (χ4v) is 8.55. The summed E-state index contributed by atoms with van der Waals surface area (Å²) in [5, 5.41) is 11.1. The lowest BCUT2D eigenvalue weighted by Crippen LogP contribution is -2.52. The van der Waals surface area contributed by atoms with E-state index in [4.69, 9.17) is 0 Å². The van der Waals surface area contributed by atoms with Crippen LogP contribution in [0.15, 0.2) is 72.8 Å². The maximum absolute atomic E-state index is 14.1. The number of nitrogens with zero attached hydrogens (tertiary/aromatic N) is 3. The number of amides is 6. The molecule has 3 heterocycles. The predicted molar refractivity (Wildman–Crippen MR) is 222 cm³/mol. The van der Waals surface area contributed by atoms with Gasteiger partial charge in [-0.15, -0.1) is 0 Å². The SMILES string of the molecule is CC[C@H](NC(=O)OC)C(=O)N1CCC[C@H]1C(=O)Nc1ccc(C2CCC(c3ccc(NC(=O)[C@@H]4CCCN4C(=O)[C@H](CC)NC(=O)OC)cc3)N2c2ccc(F)cc2)cc1. The Morgan fingerprint density at radius 1 is 0.617 bits per heavy atom. The van der Waals surface area contributed by atoms with Gasteiger partial charge >= 0.3 is 12.2 Å². The molecule has 0 aliphatic carbocycles. The highest BCUT2D eigenvalue weighted by atomic mass is 19.1. The number of ether oxygens (including phenoxy) is 2. The van der Waals surface area contributed by atoms with E-state index in [0.29, 0.717) is 63.0 Å². The minimum absolute atomic E-state index is 0.0765. The fourth-order valence-electron chi connectivity index (χ4n) is 8.55. The molecule has 0 radical (unpaired) electrons. The molecule has 3 aromatic rings. The molecular weight excluding hydrogens is 774 g/mol. The largest absolute Gasteiger partial charge is 0.453 e. The Hall–Kier alpha value is -6.19. The van der Waals surface area contributed by atoms with Gasteiger partial charge in [0.15, 0.2) is 0 Å². The van der Waals surface area contributed by atoms with Crippen molar-refractivity contribution in [1.82, 2.24) is 20.4 Å². The molecule has 6 amide bonds. The molecule has 0 saturated carbocycles. The van der Waals surface area contributed by atoms with Crippen LogP contribution in [0.4, 0.5) is 31.0 Å². The highest BCUT2D eigenvalue weighted by molar-refractivity contribution is 5.99. The summed E-state index contributed by atoms with van der Waals surface area (Å²) in [6.45, 7) is 4.38. The van der Waals surface area contributed by atoms with Gasteiger partial charge in [-0.2, -0.15) is 0 Å². The van der Waals surface area contributed by atoms with Crippen molar-refractivity contribution >= 4 is 52.9 Å². The number of methoxy groups -OCH3 is 2. The van der Waals surface area contributed by atoms with Crippen LogP contribution < -0.4 is 26.2 Å². The van der Waals surface area contributed by atoms with Gasteiger partial charge in [-0.05, 0) is 111 Å². The molecule has 3 aliphatic rings. The molecule has 4 N–H and O–H groups in total. The van der Waals surface area contributed by atoms with Crippen LogP contribution in [0.5, 0.6) is 0 Å². The van der Waals surface area contributed by atoms with Crippen molar-refractivity contribution in [2.24, 2.45) is 0 Å². The lowest BCUT2D eigenvalue weighted by Gasteiger charge is -2.33. The van der Waals surface area contributed by atoms with Crippen LogP contribution in [0.3, 0.4) is 0 Å². The molecule has 16 heteroatoms. The zero-order valence-corrected chi connectivity index (χ0v) is 34.4. The summed E-state index contributed by atoms with van der Waals surface area (Å²) in [5.41, 5.74) is 4.01. The maximum atomic E-state index is 14.1. The van der Waals surface area contributed by atoms with E-state index in [1.165, 1.54) is 36.2 Å². The normalized spacial score (nSPS) is 20.9. The van der Waals surface area contributed by atoms with Crippen LogP contribution in [0.1, 0.15) is 88.4 Å². The number of hydrogen-bond acceptors (Lipinski definition) is 9. The van der Waals surface area contributed by atoms with Crippen molar-refractivity contribution < 1.29 is 42.6 Å². The Balaban J connectivity index is 1.13. The molecule has 3 aliphatic heterocycles. The van der Waals surface area contributed by atoms with E-state index in [1.54, 1.807) is 26.0 Å². The van der Waals surface area contributed by atoms with Crippen LogP contribution >= 0.6 is 0 Å². The van der Waals surface area contributed by atoms with Crippen molar-refractivity contribution in [2.75, 3.05) is 42.8 Å². The van der Waals surface area contributed by atoms with Gasteiger partial charge in [0, 0.05) is 30.2 Å². The second-order valence-corrected chi connectivity index (χ2v) is 15.3. The molecule has 3 fully saturated rings.